The first-order chi connectivity index (χ1) is 11.3. The average Bonchev–Trinajstić information content (AvgIpc) is 2.95. The molecule has 1 aliphatic rings. The minimum absolute atomic E-state index is 0.0805. The van der Waals surface area contributed by atoms with E-state index in [1.165, 1.54) is 31.5 Å². The Labute approximate surface area is 141 Å². The predicted molar refractivity (Wildman–Crippen MR) is 90.2 cm³/mol. The Morgan fingerprint density at radius 2 is 1.79 bits per heavy atom. The highest BCUT2D eigenvalue weighted by Gasteiger charge is 2.29. The van der Waals surface area contributed by atoms with Crippen LogP contribution in [0.1, 0.15) is 37.5 Å². The number of aromatic hydroxyl groups is 2. The molecule has 0 fully saturated rings. The highest BCUT2D eigenvalue weighted by Crippen LogP contribution is 2.44. The summed E-state index contributed by atoms with van der Waals surface area (Å²) in [5.74, 6) is -1.12. The molecule has 24 heavy (non-hydrogen) atoms. The van der Waals surface area contributed by atoms with Crippen LogP contribution in [0.5, 0.6) is 17.2 Å². The summed E-state index contributed by atoms with van der Waals surface area (Å²) in [6.45, 7) is 3.04. The van der Waals surface area contributed by atoms with Gasteiger partial charge in [-0.05, 0) is 49.9 Å². The quantitative estimate of drug-likeness (QED) is 0.828. The van der Waals surface area contributed by atoms with E-state index in [1.807, 2.05) is 24.3 Å². The molecule has 0 heterocycles. The zero-order valence-corrected chi connectivity index (χ0v) is 14.4. The Bertz CT molecular complexity index is 871. The van der Waals surface area contributed by atoms with Crippen LogP contribution in [0.3, 0.4) is 0 Å². The number of hydrogen-bond acceptors (Lipinski definition) is 5. The molecular weight excluding hydrogens is 328 g/mol. The van der Waals surface area contributed by atoms with Gasteiger partial charge in [0.2, 0.25) is 5.75 Å². The number of phenolic OH excluding ortho intramolecular Hbond substituents is 2. The summed E-state index contributed by atoms with van der Waals surface area (Å²) >= 11 is 0. The number of fused-ring (bicyclic) bond motifs is 1. The fraction of sp³-hybridized carbons (Fsp3) is 0.333. The van der Waals surface area contributed by atoms with E-state index in [1.54, 1.807) is 0 Å². The first kappa shape index (κ1) is 16.6. The lowest BCUT2D eigenvalue weighted by Crippen LogP contribution is -2.14. The van der Waals surface area contributed by atoms with Gasteiger partial charge in [-0.3, -0.25) is 0 Å². The van der Waals surface area contributed by atoms with Crippen LogP contribution in [0.25, 0.3) is 0 Å². The molecule has 2 aromatic rings. The van der Waals surface area contributed by atoms with Gasteiger partial charge in [0.1, 0.15) is 11.0 Å². The molecule has 0 radical (unpaired) electrons. The van der Waals surface area contributed by atoms with Crippen molar-refractivity contribution >= 4 is 9.84 Å². The van der Waals surface area contributed by atoms with E-state index < -0.39 is 26.6 Å². The lowest BCUT2D eigenvalue weighted by molar-refractivity contribution is 0.197. The minimum atomic E-state index is -3.69. The van der Waals surface area contributed by atoms with Crippen LogP contribution in [0, 0.1) is 0 Å². The lowest BCUT2D eigenvalue weighted by atomic mass is 10.1. The summed E-state index contributed by atoms with van der Waals surface area (Å²) in [6, 6.07) is 10.6. The summed E-state index contributed by atoms with van der Waals surface area (Å²) in [6.07, 6.45) is 1.43. The van der Waals surface area contributed by atoms with Gasteiger partial charge in [0.15, 0.2) is 21.3 Å². The largest absolute Gasteiger partial charge is 0.503 e. The van der Waals surface area contributed by atoms with Crippen molar-refractivity contribution in [3.8, 4) is 17.2 Å². The van der Waals surface area contributed by atoms with Crippen LogP contribution < -0.4 is 4.74 Å². The van der Waals surface area contributed by atoms with Crippen LogP contribution >= 0.6 is 0 Å². The van der Waals surface area contributed by atoms with Gasteiger partial charge in [-0.2, -0.15) is 0 Å². The van der Waals surface area contributed by atoms with E-state index in [0.717, 1.165) is 18.4 Å². The van der Waals surface area contributed by atoms with E-state index in [4.69, 9.17) is 4.74 Å². The van der Waals surface area contributed by atoms with Crippen molar-refractivity contribution in [3.05, 3.63) is 47.5 Å². The molecular formula is C18H20O5S. The van der Waals surface area contributed by atoms with E-state index in [2.05, 4.69) is 0 Å². The Balaban J connectivity index is 1.93. The molecule has 0 spiro atoms. The average molecular weight is 348 g/mol. The van der Waals surface area contributed by atoms with E-state index >= 15 is 0 Å². The topological polar surface area (TPSA) is 83.8 Å². The Kier molecular flexibility index (Phi) is 4.17. The molecule has 0 bridgehead atoms. The van der Waals surface area contributed by atoms with Crippen LogP contribution in [0.2, 0.25) is 0 Å². The molecule has 3 rings (SSSR count). The normalized spacial score (nSPS) is 17.0. The van der Waals surface area contributed by atoms with Crippen molar-refractivity contribution in [1.29, 1.82) is 0 Å². The fourth-order valence-electron chi connectivity index (χ4n) is 2.92. The van der Waals surface area contributed by atoms with Gasteiger partial charge >= 0.3 is 0 Å². The number of sulfone groups is 1. The second-order valence-electron chi connectivity index (χ2n) is 6.20. The van der Waals surface area contributed by atoms with E-state index in [-0.39, 0.29) is 16.7 Å². The van der Waals surface area contributed by atoms with Crippen molar-refractivity contribution in [2.45, 2.75) is 42.9 Å². The van der Waals surface area contributed by atoms with Crippen molar-refractivity contribution < 1.29 is 23.4 Å². The number of phenols is 2. The molecule has 1 aliphatic carbocycles. The van der Waals surface area contributed by atoms with Crippen molar-refractivity contribution in [1.82, 2.24) is 0 Å². The third-order valence-corrected chi connectivity index (χ3v) is 6.54. The maximum Gasteiger partial charge on any atom is 0.201 e. The maximum atomic E-state index is 12.2. The summed E-state index contributed by atoms with van der Waals surface area (Å²) in [5, 5.41) is 19.6. The Morgan fingerprint density at radius 1 is 1.08 bits per heavy atom. The molecule has 0 aliphatic heterocycles. The second kappa shape index (κ2) is 6.02. The van der Waals surface area contributed by atoms with Crippen molar-refractivity contribution in [2.75, 3.05) is 0 Å². The van der Waals surface area contributed by atoms with Crippen molar-refractivity contribution in [3.63, 3.8) is 0 Å². The SMILES string of the molecule is CC(C)S(=O)(=O)c1ccc(OC2CCc3ccccc32)c(O)c1O. The van der Waals surface area contributed by atoms with Crippen LogP contribution in [-0.2, 0) is 16.3 Å². The molecule has 6 heteroatoms. The van der Waals surface area contributed by atoms with E-state index in [0.29, 0.717) is 0 Å². The molecule has 2 aromatic carbocycles. The Morgan fingerprint density at radius 3 is 2.50 bits per heavy atom. The monoisotopic (exact) mass is 348 g/mol. The summed E-state index contributed by atoms with van der Waals surface area (Å²) in [4.78, 5) is -0.283. The number of rotatable bonds is 4. The van der Waals surface area contributed by atoms with Gasteiger partial charge in [0.05, 0.1) is 5.25 Å². The third kappa shape index (κ3) is 2.71. The maximum absolute atomic E-state index is 12.2. The highest BCUT2D eigenvalue weighted by molar-refractivity contribution is 7.92. The molecule has 0 amide bonds. The molecule has 1 atom stereocenters. The molecule has 2 N–H and O–H groups in total. The molecule has 128 valence electrons. The van der Waals surface area contributed by atoms with Gasteiger partial charge in [-0.15, -0.1) is 0 Å². The standard InChI is InChI=1S/C18H20O5S/c1-11(2)24(21,22)16-10-9-15(17(19)18(16)20)23-14-8-7-12-5-3-4-6-13(12)14/h3-6,9-11,14,19-20H,7-8H2,1-2H3. The first-order valence-electron chi connectivity index (χ1n) is 7.85. The smallest absolute Gasteiger partial charge is 0.201 e. The number of aryl methyl sites for hydroxylation is 1. The van der Waals surface area contributed by atoms with Crippen LogP contribution in [0.4, 0.5) is 0 Å². The molecule has 5 nitrogen and oxygen atoms in total. The fourth-order valence-corrected chi connectivity index (χ4v) is 4.05. The van der Waals surface area contributed by atoms with E-state index in [9.17, 15) is 18.6 Å². The van der Waals surface area contributed by atoms with Crippen molar-refractivity contribution in [2.24, 2.45) is 0 Å². The van der Waals surface area contributed by atoms with Crippen LogP contribution in [0.15, 0.2) is 41.3 Å². The van der Waals surface area contributed by atoms with Gasteiger partial charge in [0.25, 0.3) is 0 Å². The van der Waals surface area contributed by atoms with Gasteiger partial charge < -0.3 is 14.9 Å². The number of ether oxygens (including phenoxy) is 1. The predicted octanol–water partition coefficient (Wildman–Crippen LogP) is 3.35. The zero-order chi connectivity index (χ0) is 17.5. The summed E-state index contributed by atoms with van der Waals surface area (Å²) < 4.78 is 30.3. The Hall–Kier alpha value is -2.21. The number of hydrogen-bond donors (Lipinski definition) is 2. The molecule has 0 saturated heterocycles. The van der Waals surface area contributed by atoms with Gasteiger partial charge in [-0.1, -0.05) is 24.3 Å². The summed E-state index contributed by atoms with van der Waals surface area (Å²) in [5.41, 5.74) is 2.25. The lowest BCUT2D eigenvalue weighted by Gasteiger charge is -2.18. The van der Waals surface area contributed by atoms with Gasteiger partial charge in [-0.25, -0.2) is 8.42 Å². The molecule has 0 aromatic heterocycles. The van der Waals surface area contributed by atoms with Gasteiger partial charge in [0, 0.05) is 0 Å². The molecule has 1 unspecified atom stereocenters. The number of benzene rings is 2. The van der Waals surface area contributed by atoms with Crippen LogP contribution in [-0.4, -0.2) is 23.9 Å². The minimum Gasteiger partial charge on any atom is -0.503 e. The second-order valence-corrected chi connectivity index (χ2v) is 8.67. The summed E-state index contributed by atoms with van der Waals surface area (Å²) in [7, 11) is -3.69. The zero-order valence-electron chi connectivity index (χ0n) is 13.6. The highest BCUT2D eigenvalue weighted by atomic mass is 32.2. The first-order valence-corrected chi connectivity index (χ1v) is 9.40. The third-order valence-electron chi connectivity index (χ3n) is 4.35. The molecule has 0 saturated carbocycles.